The van der Waals surface area contributed by atoms with Gasteiger partial charge in [0, 0.05) is 12.6 Å². The van der Waals surface area contributed by atoms with E-state index in [4.69, 9.17) is 4.42 Å². The minimum Gasteiger partial charge on any atom is -0.465 e. The molecular formula is C13H17NO3. The van der Waals surface area contributed by atoms with Crippen molar-refractivity contribution < 1.29 is 14.3 Å². The van der Waals surface area contributed by atoms with Gasteiger partial charge < -0.3 is 14.4 Å². The van der Waals surface area contributed by atoms with Gasteiger partial charge in [0.1, 0.15) is 5.76 Å². The molecule has 2 heterocycles. The lowest BCUT2D eigenvalue weighted by Gasteiger charge is -2.23. The van der Waals surface area contributed by atoms with E-state index >= 15 is 0 Å². The second-order valence-corrected chi connectivity index (χ2v) is 4.40. The van der Waals surface area contributed by atoms with Crippen molar-refractivity contribution in [3.63, 3.8) is 0 Å². The number of hydrogen-bond donors (Lipinski definition) is 1. The molecule has 2 rings (SSSR count). The molecule has 0 aliphatic carbocycles. The van der Waals surface area contributed by atoms with Crippen molar-refractivity contribution in [2.75, 3.05) is 13.2 Å². The summed E-state index contributed by atoms with van der Waals surface area (Å²) in [6.45, 7) is 2.81. The van der Waals surface area contributed by atoms with Gasteiger partial charge in [-0.2, -0.15) is 0 Å². The summed E-state index contributed by atoms with van der Waals surface area (Å²) < 4.78 is 5.11. The van der Waals surface area contributed by atoms with Crippen molar-refractivity contribution in [3.8, 4) is 0 Å². The van der Waals surface area contributed by atoms with E-state index < -0.39 is 0 Å². The highest BCUT2D eigenvalue weighted by molar-refractivity contribution is 5.91. The van der Waals surface area contributed by atoms with Crippen LogP contribution in [0.3, 0.4) is 0 Å². The number of nitrogens with zero attached hydrogens (tertiary/aromatic N) is 1. The summed E-state index contributed by atoms with van der Waals surface area (Å²) in [6.07, 6.45) is 5.67. The molecule has 4 heteroatoms. The first-order chi connectivity index (χ1) is 8.22. The Hall–Kier alpha value is -1.55. The molecule has 1 amide bonds. The molecule has 2 atom stereocenters. The molecule has 0 bridgehead atoms. The van der Waals surface area contributed by atoms with Crippen LogP contribution in [0.25, 0.3) is 6.08 Å². The number of carbonyl (C=O) groups excluding carboxylic acids is 1. The van der Waals surface area contributed by atoms with Crippen molar-refractivity contribution in [1.29, 1.82) is 0 Å². The smallest absolute Gasteiger partial charge is 0.247 e. The Morgan fingerprint density at radius 1 is 1.71 bits per heavy atom. The molecular weight excluding hydrogens is 218 g/mol. The van der Waals surface area contributed by atoms with E-state index in [-0.39, 0.29) is 18.6 Å². The molecule has 2 unspecified atom stereocenters. The van der Waals surface area contributed by atoms with Crippen LogP contribution < -0.4 is 0 Å². The fourth-order valence-electron chi connectivity index (χ4n) is 2.20. The van der Waals surface area contributed by atoms with E-state index in [0.29, 0.717) is 18.2 Å². The Kier molecular flexibility index (Phi) is 3.64. The largest absolute Gasteiger partial charge is 0.465 e. The molecule has 1 aromatic heterocycles. The predicted octanol–water partition coefficient (Wildman–Crippen LogP) is 1.52. The minimum absolute atomic E-state index is 0.0293. The van der Waals surface area contributed by atoms with Crippen molar-refractivity contribution in [2.45, 2.75) is 19.4 Å². The maximum Gasteiger partial charge on any atom is 0.247 e. The maximum atomic E-state index is 11.9. The average molecular weight is 235 g/mol. The van der Waals surface area contributed by atoms with Crippen molar-refractivity contribution >= 4 is 12.0 Å². The van der Waals surface area contributed by atoms with Gasteiger partial charge in [0.15, 0.2) is 0 Å². The van der Waals surface area contributed by atoms with E-state index in [9.17, 15) is 9.90 Å². The van der Waals surface area contributed by atoms with Crippen LogP contribution in [0.1, 0.15) is 19.1 Å². The monoisotopic (exact) mass is 235 g/mol. The third kappa shape index (κ3) is 2.58. The van der Waals surface area contributed by atoms with Gasteiger partial charge in [-0.1, -0.05) is 6.92 Å². The molecule has 1 aliphatic rings. The number of furan rings is 1. The molecule has 92 valence electrons. The summed E-state index contributed by atoms with van der Waals surface area (Å²) >= 11 is 0. The van der Waals surface area contributed by atoms with E-state index in [1.165, 1.54) is 6.08 Å². The Morgan fingerprint density at radius 3 is 3.18 bits per heavy atom. The van der Waals surface area contributed by atoms with E-state index in [1.807, 2.05) is 0 Å². The zero-order chi connectivity index (χ0) is 12.3. The molecule has 0 radical (unpaired) electrons. The normalized spacial score (nSPS) is 24.7. The maximum absolute atomic E-state index is 11.9. The second kappa shape index (κ2) is 5.19. The standard InChI is InChI=1S/C13H17NO3/c1-10-6-7-14(12(10)9-15)13(16)5-4-11-3-2-8-17-11/h2-5,8,10,12,15H,6-7,9H2,1H3/b5-4+. The molecule has 1 fully saturated rings. The number of carbonyl (C=O) groups is 1. The minimum atomic E-state index is -0.0650. The Morgan fingerprint density at radius 2 is 2.53 bits per heavy atom. The Labute approximate surface area is 101 Å². The van der Waals surface area contributed by atoms with Gasteiger partial charge in [-0.15, -0.1) is 0 Å². The van der Waals surface area contributed by atoms with Crippen LogP contribution in [0.15, 0.2) is 28.9 Å². The Balaban J connectivity index is 2.01. The fraction of sp³-hybridized carbons (Fsp3) is 0.462. The van der Waals surface area contributed by atoms with Crippen molar-refractivity contribution in [2.24, 2.45) is 5.92 Å². The second-order valence-electron chi connectivity index (χ2n) is 4.40. The van der Waals surface area contributed by atoms with Gasteiger partial charge >= 0.3 is 0 Å². The van der Waals surface area contributed by atoms with Gasteiger partial charge in [-0.05, 0) is 30.5 Å². The van der Waals surface area contributed by atoms with E-state index in [1.54, 1.807) is 29.4 Å². The van der Waals surface area contributed by atoms with Crippen molar-refractivity contribution in [3.05, 3.63) is 30.2 Å². The molecule has 0 spiro atoms. The third-order valence-electron chi connectivity index (χ3n) is 3.29. The number of aliphatic hydroxyl groups excluding tert-OH is 1. The molecule has 0 aromatic carbocycles. The van der Waals surface area contributed by atoms with Gasteiger partial charge in [0.25, 0.3) is 0 Å². The summed E-state index contributed by atoms with van der Waals surface area (Å²) in [5, 5.41) is 9.27. The van der Waals surface area contributed by atoms with Gasteiger partial charge in [-0.25, -0.2) is 0 Å². The number of amides is 1. The van der Waals surface area contributed by atoms with Crippen LogP contribution in [-0.4, -0.2) is 35.1 Å². The Bertz CT molecular complexity index is 397. The number of hydrogen-bond acceptors (Lipinski definition) is 3. The lowest BCUT2D eigenvalue weighted by Crippen LogP contribution is -2.38. The highest BCUT2D eigenvalue weighted by Crippen LogP contribution is 2.23. The topological polar surface area (TPSA) is 53.7 Å². The summed E-state index contributed by atoms with van der Waals surface area (Å²) in [5.41, 5.74) is 0. The van der Waals surface area contributed by atoms with Crippen LogP contribution >= 0.6 is 0 Å². The third-order valence-corrected chi connectivity index (χ3v) is 3.29. The van der Waals surface area contributed by atoms with Crippen LogP contribution in [0.5, 0.6) is 0 Å². The zero-order valence-electron chi connectivity index (χ0n) is 9.87. The fourth-order valence-corrected chi connectivity index (χ4v) is 2.20. The van der Waals surface area contributed by atoms with Crippen LogP contribution in [-0.2, 0) is 4.79 Å². The summed E-state index contributed by atoms with van der Waals surface area (Å²) in [7, 11) is 0. The summed E-state index contributed by atoms with van der Waals surface area (Å²) in [4.78, 5) is 13.7. The number of likely N-dealkylation sites (tertiary alicyclic amines) is 1. The molecule has 1 aliphatic heterocycles. The molecule has 4 nitrogen and oxygen atoms in total. The van der Waals surface area contributed by atoms with Gasteiger partial charge in [0.05, 0.1) is 18.9 Å². The van der Waals surface area contributed by atoms with Crippen molar-refractivity contribution in [1.82, 2.24) is 4.90 Å². The predicted molar refractivity (Wildman–Crippen MR) is 64.1 cm³/mol. The summed E-state index contributed by atoms with van der Waals surface area (Å²) in [5.74, 6) is 0.955. The summed E-state index contributed by atoms with van der Waals surface area (Å²) in [6, 6.07) is 3.52. The highest BCUT2D eigenvalue weighted by Gasteiger charge is 2.32. The molecule has 1 saturated heterocycles. The quantitative estimate of drug-likeness (QED) is 0.808. The molecule has 17 heavy (non-hydrogen) atoms. The lowest BCUT2D eigenvalue weighted by molar-refractivity contribution is -0.127. The first kappa shape index (κ1) is 11.9. The molecule has 1 N–H and O–H groups in total. The van der Waals surface area contributed by atoms with Crippen LogP contribution in [0.2, 0.25) is 0 Å². The molecule has 0 saturated carbocycles. The van der Waals surface area contributed by atoms with Gasteiger partial charge in [0.2, 0.25) is 5.91 Å². The zero-order valence-corrected chi connectivity index (χ0v) is 9.87. The van der Waals surface area contributed by atoms with Gasteiger partial charge in [-0.3, -0.25) is 4.79 Å². The van der Waals surface area contributed by atoms with E-state index in [0.717, 1.165) is 6.42 Å². The van der Waals surface area contributed by atoms with Crippen LogP contribution in [0.4, 0.5) is 0 Å². The first-order valence-corrected chi connectivity index (χ1v) is 5.85. The SMILES string of the molecule is CC1CCN(C(=O)/C=C/c2ccco2)C1CO. The van der Waals surface area contributed by atoms with E-state index in [2.05, 4.69) is 6.92 Å². The highest BCUT2D eigenvalue weighted by atomic mass is 16.3. The lowest BCUT2D eigenvalue weighted by atomic mass is 10.0. The first-order valence-electron chi connectivity index (χ1n) is 5.85. The average Bonchev–Trinajstić information content (AvgIpc) is 2.94. The van der Waals surface area contributed by atoms with Crippen LogP contribution in [0, 0.1) is 5.92 Å². The molecule has 1 aromatic rings. The number of aliphatic hydroxyl groups is 1. The number of rotatable bonds is 3.